The quantitative estimate of drug-likeness (QED) is 0.323. The Hall–Kier alpha value is -0.480. The smallest absolute Gasteiger partial charge is 0.149 e. The van der Waals surface area contributed by atoms with Gasteiger partial charge in [0.25, 0.3) is 0 Å². The molecule has 0 aromatic heterocycles. The van der Waals surface area contributed by atoms with Crippen molar-refractivity contribution in [2.45, 2.75) is 38.7 Å². The van der Waals surface area contributed by atoms with Crippen LogP contribution in [0.4, 0.5) is 0 Å². The average Bonchev–Trinajstić information content (AvgIpc) is 2.62. The molecule has 1 saturated heterocycles. The van der Waals surface area contributed by atoms with Gasteiger partial charge in [-0.3, -0.25) is 0 Å². The molecule has 1 aliphatic rings. The zero-order valence-electron chi connectivity index (χ0n) is 6.74. The first-order valence-electron chi connectivity index (χ1n) is 3.91. The highest BCUT2D eigenvalue weighted by atomic mass is 16.6. The molecule has 0 amide bonds. The number of hydrogen-bond donors (Lipinski definition) is 0. The van der Waals surface area contributed by atoms with Crippen molar-refractivity contribution in [3.63, 3.8) is 0 Å². The highest BCUT2D eigenvalue weighted by molar-refractivity contribution is 5.18. The lowest BCUT2D eigenvalue weighted by Gasteiger charge is -1.88. The predicted octanol–water partition coefficient (Wildman–Crippen LogP) is 1.97. The minimum Gasteiger partial charge on any atom is -0.356 e. The Kier molecular flexibility index (Phi) is 2.34. The largest absolute Gasteiger partial charge is 0.356 e. The molecule has 1 heterocycles. The summed E-state index contributed by atoms with van der Waals surface area (Å²) in [7, 11) is 0. The third-order valence-corrected chi connectivity index (χ3v) is 1.59. The van der Waals surface area contributed by atoms with Gasteiger partial charge < -0.3 is 4.74 Å². The number of hydrogen-bond acceptors (Lipinski definition) is 1. The van der Waals surface area contributed by atoms with E-state index in [0.29, 0.717) is 0 Å². The van der Waals surface area contributed by atoms with E-state index in [9.17, 15) is 0 Å². The molecular weight excluding hydrogens is 124 g/mol. The van der Waals surface area contributed by atoms with Crippen LogP contribution in [0, 0.1) is 11.8 Å². The normalized spacial score (nSPS) is 29.0. The van der Waals surface area contributed by atoms with Crippen LogP contribution in [0.25, 0.3) is 0 Å². The van der Waals surface area contributed by atoms with Crippen molar-refractivity contribution in [2.24, 2.45) is 0 Å². The second kappa shape index (κ2) is 3.07. The Morgan fingerprint density at radius 2 is 2.30 bits per heavy atom. The van der Waals surface area contributed by atoms with Crippen LogP contribution in [-0.2, 0) is 4.74 Å². The first-order valence-corrected chi connectivity index (χ1v) is 3.91. The van der Waals surface area contributed by atoms with Crippen molar-refractivity contribution >= 4 is 0 Å². The van der Waals surface area contributed by atoms with Crippen LogP contribution in [0.5, 0.6) is 0 Å². The van der Waals surface area contributed by atoms with Crippen LogP contribution < -0.4 is 0 Å². The molecule has 1 unspecified atom stereocenters. The van der Waals surface area contributed by atoms with Gasteiger partial charge in [0.05, 0.1) is 6.61 Å². The Balaban J connectivity index is 2.13. The molecule has 0 spiro atoms. The summed E-state index contributed by atoms with van der Waals surface area (Å²) in [6.45, 7) is 5.04. The standard InChI is InChI=1S/C9H14O/c1-3-4-5-6-7-9(2)8-10-9/h3-5,8H2,1-2H3. The molecule has 1 aliphatic heterocycles. The van der Waals surface area contributed by atoms with E-state index in [4.69, 9.17) is 4.74 Å². The maximum Gasteiger partial charge on any atom is 0.149 e. The summed E-state index contributed by atoms with van der Waals surface area (Å²) in [5.74, 6) is 6.21. The lowest BCUT2D eigenvalue weighted by atomic mass is 10.2. The summed E-state index contributed by atoms with van der Waals surface area (Å²) in [5, 5.41) is 0. The number of unbranched alkanes of at least 4 members (excludes halogenated alkanes) is 2. The van der Waals surface area contributed by atoms with E-state index in [2.05, 4.69) is 18.8 Å². The van der Waals surface area contributed by atoms with Gasteiger partial charge in [-0.2, -0.15) is 0 Å². The van der Waals surface area contributed by atoms with Crippen molar-refractivity contribution in [2.75, 3.05) is 6.61 Å². The van der Waals surface area contributed by atoms with Gasteiger partial charge in [0.2, 0.25) is 0 Å². The lowest BCUT2D eigenvalue weighted by Crippen LogP contribution is -1.97. The van der Waals surface area contributed by atoms with E-state index >= 15 is 0 Å². The molecule has 1 fully saturated rings. The zero-order valence-corrected chi connectivity index (χ0v) is 6.74. The van der Waals surface area contributed by atoms with Gasteiger partial charge >= 0.3 is 0 Å². The molecule has 0 radical (unpaired) electrons. The Morgan fingerprint density at radius 1 is 1.60 bits per heavy atom. The van der Waals surface area contributed by atoms with Crippen molar-refractivity contribution in [1.29, 1.82) is 0 Å². The van der Waals surface area contributed by atoms with E-state index in [1.807, 2.05) is 6.92 Å². The topological polar surface area (TPSA) is 12.5 Å². The SMILES string of the molecule is CCCCC#CC1(C)CO1. The van der Waals surface area contributed by atoms with E-state index in [1.165, 1.54) is 12.8 Å². The van der Waals surface area contributed by atoms with Crippen molar-refractivity contribution < 1.29 is 4.74 Å². The monoisotopic (exact) mass is 138 g/mol. The minimum absolute atomic E-state index is 0.0618. The molecule has 0 aliphatic carbocycles. The van der Waals surface area contributed by atoms with Gasteiger partial charge in [-0.25, -0.2) is 0 Å². The summed E-state index contributed by atoms with van der Waals surface area (Å²) in [6, 6.07) is 0. The second-order valence-corrected chi connectivity index (χ2v) is 2.92. The number of epoxide rings is 1. The third-order valence-electron chi connectivity index (χ3n) is 1.59. The van der Waals surface area contributed by atoms with E-state index in [0.717, 1.165) is 13.0 Å². The van der Waals surface area contributed by atoms with Gasteiger partial charge in [0, 0.05) is 6.42 Å². The van der Waals surface area contributed by atoms with Crippen LogP contribution in [0.15, 0.2) is 0 Å². The van der Waals surface area contributed by atoms with Gasteiger partial charge in [-0.15, -0.1) is 5.92 Å². The van der Waals surface area contributed by atoms with E-state index < -0.39 is 0 Å². The summed E-state index contributed by atoms with van der Waals surface area (Å²) < 4.78 is 5.10. The predicted molar refractivity (Wildman–Crippen MR) is 41.7 cm³/mol. The molecule has 1 heteroatoms. The van der Waals surface area contributed by atoms with Crippen molar-refractivity contribution in [3.8, 4) is 11.8 Å². The minimum atomic E-state index is -0.0618. The first-order chi connectivity index (χ1) is 4.77. The van der Waals surface area contributed by atoms with E-state index in [-0.39, 0.29) is 5.60 Å². The van der Waals surface area contributed by atoms with Crippen LogP contribution in [-0.4, -0.2) is 12.2 Å². The maximum absolute atomic E-state index is 5.10. The molecule has 1 rings (SSSR count). The maximum atomic E-state index is 5.10. The average molecular weight is 138 g/mol. The summed E-state index contributed by atoms with van der Waals surface area (Å²) in [4.78, 5) is 0. The van der Waals surface area contributed by atoms with Crippen LogP contribution in [0.3, 0.4) is 0 Å². The highest BCUT2D eigenvalue weighted by Gasteiger charge is 2.36. The molecule has 0 bridgehead atoms. The second-order valence-electron chi connectivity index (χ2n) is 2.92. The van der Waals surface area contributed by atoms with E-state index in [1.54, 1.807) is 0 Å². The Morgan fingerprint density at radius 3 is 2.80 bits per heavy atom. The Bertz CT molecular complexity index is 157. The molecule has 1 nitrogen and oxygen atoms in total. The molecule has 0 N–H and O–H groups in total. The summed E-state index contributed by atoms with van der Waals surface area (Å²) >= 11 is 0. The fraction of sp³-hybridized carbons (Fsp3) is 0.778. The van der Waals surface area contributed by atoms with Crippen LogP contribution in [0.2, 0.25) is 0 Å². The molecule has 10 heavy (non-hydrogen) atoms. The number of rotatable bonds is 2. The fourth-order valence-corrected chi connectivity index (χ4v) is 0.695. The van der Waals surface area contributed by atoms with Crippen molar-refractivity contribution in [1.82, 2.24) is 0 Å². The Labute approximate surface area is 62.8 Å². The summed E-state index contributed by atoms with van der Waals surface area (Å²) in [5.41, 5.74) is -0.0618. The lowest BCUT2D eigenvalue weighted by molar-refractivity contribution is 0.377. The highest BCUT2D eigenvalue weighted by Crippen LogP contribution is 2.24. The number of ether oxygens (including phenoxy) is 1. The third kappa shape index (κ3) is 2.41. The molecule has 0 aromatic rings. The van der Waals surface area contributed by atoms with Gasteiger partial charge in [-0.05, 0) is 13.3 Å². The molecule has 1 atom stereocenters. The van der Waals surface area contributed by atoms with Gasteiger partial charge in [-0.1, -0.05) is 19.3 Å². The molecule has 0 saturated carbocycles. The van der Waals surface area contributed by atoms with Crippen LogP contribution >= 0.6 is 0 Å². The summed E-state index contributed by atoms with van der Waals surface area (Å²) in [6.07, 6.45) is 3.46. The van der Waals surface area contributed by atoms with Crippen molar-refractivity contribution in [3.05, 3.63) is 0 Å². The fourth-order valence-electron chi connectivity index (χ4n) is 0.695. The zero-order chi connectivity index (χ0) is 7.45. The van der Waals surface area contributed by atoms with Gasteiger partial charge in [0.15, 0.2) is 0 Å². The van der Waals surface area contributed by atoms with Crippen LogP contribution in [0.1, 0.15) is 33.1 Å². The molecule has 56 valence electrons. The molecular formula is C9H14O. The first kappa shape index (κ1) is 7.63. The molecule has 0 aromatic carbocycles. The van der Waals surface area contributed by atoms with Gasteiger partial charge in [0.1, 0.15) is 5.60 Å².